The third kappa shape index (κ3) is 3.24. The molecule has 0 radical (unpaired) electrons. The molecule has 0 fully saturated rings. The summed E-state index contributed by atoms with van der Waals surface area (Å²) in [6.07, 6.45) is 0.907. The Balaban J connectivity index is 2.25. The molecule has 0 spiro atoms. The van der Waals surface area contributed by atoms with Crippen LogP contribution in [0.5, 0.6) is 11.5 Å². The van der Waals surface area contributed by atoms with Crippen molar-refractivity contribution in [2.75, 3.05) is 14.2 Å². The van der Waals surface area contributed by atoms with Crippen molar-refractivity contribution in [3.8, 4) is 17.6 Å². The van der Waals surface area contributed by atoms with Crippen molar-refractivity contribution < 1.29 is 19.0 Å². The number of Topliss-reactive ketones (excluding diaryl/α,β-unsaturated/α-hetero) is 1. The van der Waals surface area contributed by atoms with Crippen LogP contribution in [-0.4, -0.2) is 20.0 Å². The zero-order valence-corrected chi connectivity index (χ0v) is 16.4. The standard InChI is InChI=1S/C20H21ClN2O4/c1-20(2)7-13(24)18-16(8-20)27-19(23)11(9-22)17(18)10-5-14(25-3)15(26-4)6-12(10)21/h5-6,17H,7-8,23H2,1-4H3/t17-/m1/s1. The van der Waals surface area contributed by atoms with Gasteiger partial charge in [0.1, 0.15) is 17.4 Å². The highest BCUT2D eigenvalue weighted by Gasteiger charge is 2.43. The second-order valence-electron chi connectivity index (χ2n) is 7.43. The predicted octanol–water partition coefficient (Wildman–Crippen LogP) is 3.81. The third-order valence-electron chi connectivity index (χ3n) is 4.89. The SMILES string of the molecule is COc1cc(Cl)c([C@@H]2C(C#N)=C(N)OC3=C2C(=O)CC(C)(C)C3)cc1OC. The maximum Gasteiger partial charge on any atom is 0.205 e. The fourth-order valence-electron chi connectivity index (χ4n) is 3.69. The van der Waals surface area contributed by atoms with Crippen molar-refractivity contribution in [3.05, 3.63) is 45.5 Å². The van der Waals surface area contributed by atoms with E-state index in [1.165, 1.54) is 14.2 Å². The summed E-state index contributed by atoms with van der Waals surface area (Å²) in [6, 6.07) is 5.37. The molecular weight excluding hydrogens is 368 g/mol. The summed E-state index contributed by atoms with van der Waals surface area (Å²) in [6.45, 7) is 3.99. The molecule has 0 unspecified atom stereocenters. The van der Waals surface area contributed by atoms with Crippen LogP contribution in [0.2, 0.25) is 5.02 Å². The number of halogens is 1. The fraction of sp³-hybridized carbons (Fsp3) is 0.400. The molecule has 0 aromatic heterocycles. The van der Waals surface area contributed by atoms with E-state index in [4.69, 9.17) is 31.5 Å². The lowest BCUT2D eigenvalue weighted by atomic mass is 9.70. The molecule has 0 saturated heterocycles. The van der Waals surface area contributed by atoms with Crippen LogP contribution in [0.3, 0.4) is 0 Å². The highest BCUT2D eigenvalue weighted by molar-refractivity contribution is 6.31. The second-order valence-corrected chi connectivity index (χ2v) is 7.84. The van der Waals surface area contributed by atoms with Gasteiger partial charge in [0.25, 0.3) is 0 Å². The number of ether oxygens (including phenoxy) is 3. The van der Waals surface area contributed by atoms with Crippen molar-refractivity contribution in [2.24, 2.45) is 11.1 Å². The van der Waals surface area contributed by atoms with E-state index < -0.39 is 5.92 Å². The van der Waals surface area contributed by atoms with Crippen molar-refractivity contribution in [3.63, 3.8) is 0 Å². The van der Waals surface area contributed by atoms with Gasteiger partial charge in [-0.1, -0.05) is 25.4 Å². The number of methoxy groups -OCH3 is 2. The lowest BCUT2D eigenvalue weighted by Crippen LogP contribution is -2.33. The summed E-state index contributed by atoms with van der Waals surface area (Å²) in [5.41, 5.74) is 6.94. The molecule has 1 aliphatic heterocycles. The van der Waals surface area contributed by atoms with Gasteiger partial charge in [0.05, 0.1) is 20.1 Å². The molecule has 6 nitrogen and oxygen atoms in total. The normalized spacial score (nSPS) is 21.3. The van der Waals surface area contributed by atoms with Gasteiger partial charge >= 0.3 is 0 Å². The van der Waals surface area contributed by atoms with E-state index in [-0.39, 0.29) is 22.7 Å². The molecule has 2 N–H and O–H groups in total. The number of rotatable bonds is 3. The maximum atomic E-state index is 13.0. The molecule has 0 amide bonds. The Hall–Kier alpha value is -2.65. The molecule has 1 heterocycles. The van der Waals surface area contributed by atoms with E-state index in [9.17, 15) is 10.1 Å². The van der Waals surface area contributed by atoms with Crippen molar-refractivity contribution in [1.29, 1.82) is 5.26 Å². The first-order valence-corrected chi connectivity index (χ1v) is 8.85. The van der Waals surface area contributed by atoms with Gasteiger partial charge in [-0.2, -0.15) is 5.26 Å². The molecule has 7 heteroatoms. The Morgan fingerprint density at radius 1 is 1.26 bits per heavy atom. The number of hydrogen-bond donors (Lipinski definition) is 1. The number of nitrogens with zero attached hydrogens (tertiary/aromatic N) is 1. The molecule has 142 valence electrons. The van der Waals surface area contributed by atoms with Gasteiger partial charge in [-0.05, 0) is 17.0 Å². The minimum atomic E-state index is -0.699. The molecule has 0 bridgehead atoms. The predicted molar refractivity (Wildman–Crippen MR) is 100 cm³/mol. The number of carbonyl (C=O) groups is 1. The summed E-state index contributed by atoms with van der Waals surface area (Å²) < 4.78 is 16.3. The number of carbonyl (C=O) groups excluding carboxylic acids is 1. The summed E-state index contributed by atoms with van der Waals surface area (Å²) in [7, 11) is 3.02. The fourth-order valence-corrected chi connectivity index (χ4v) is 3.95. The number of benzene rings is 1. The molecule has 2 aliphatic rings. The van der Waals surface area contributed by atoms with E-state index in [0.717, 1.165) is 0 Å². The average Bonchev–Trinajstić information content (AvgIpc) is 2.59. The Morgan fingerprint density at radius 2 is 1.89 bits per heavy atom. The quantitative estimate of drug-likeness (QED) is 0.846. The smallest absolute Gasteiger partial charge is 0.205 e. The van der Waals surface area contributed by atoms with Gasteiger partial charge in [0, 0.05) is 29.5 Å². The molecular formula is C20H21ClN2O4. The van der Waals surface area contributed by atoms with E-state index in [2.05, 4.69) is 6.07 Å². The zero-order valence-electron chi connectivity index (χ0n) is 15.7. The minimum absolute atomic E-state index is 0.00222. The third-order valence-corrected chi connectivity index (χ3v) is 5.22. The minimum Gasteiger partial charge on any atom is -0.493 e. The first-order chi connectivity index (χ1) is 12.7. The summed E-state index contributed by atoms with van der Waals surface area (Å²) in [5.74, 6) is 0.636. The lowest BCUT2D eigenvalue weighted by Gasteiger charge is -2.37. The van der Waals surface area contributed by atoms with Crippen LogP contribution < -0.4 is 15.2 Å². The molecule has 1 aliphatic carbocycles. The highest BCUT2D eigenvalue weighted by Crippen LogP contribution is 2.50. The summed E-state index contributed by atoms with van der Waals surface area (Å²) in [4.78, 5) is 13.0. The van der Waals surface area contributed by atoms with E-state index in [0.29, 0.717) is 46.3 Å². The Kier molecular flexibility index (Phi) is 4.83. The van der Waals surface area contributed by atoms with Crippen molar-refractivity contribution in [2.45, 2.75) is 32.6 Å². The van der Waals surface area contributed by atoms with Crippen LogP contribution in [0.15, 0.2) is 34.9 Å². The zero-order chi connectivity index (χ0) is 19.9. The average molecular weight is 389 g/mol. The number of ketones is 1. The second kappa shape index (κ2) is 6.82. The topological polar surface area (TPSA) is 94.6 Å². The number of nitrogens with two attached hydrogens (primary N) is 1. The molecule has 3 rings (SSSR count). The van der Waals surface area contributed by atoms with Crippen LogP contribution in [0.25, 0.3) is 0 Å². The molecule has 1 aromatic carbocycles. The Bertz CT molecular complexity index is 925. The van der Waals surface area contributed by atoms with Gasteiger partial charge in [-0.15, -0.1) is 0 Å². The lowest BCUT2D eigenvalue weighted by molar-refractivity contribution is -0.119. The van der Waals surface area contributed by atoms with E-state index in [1.807, 2.05) is 13.8 Å². The first kappa shape index (κ1) is 19.1. The van der Waals surface area contributed by atoms with Gasteiger partial charge in [0.15, 0.2) is 17.3 Å². The summed E-state index contributed by atoms with van der Waals surface area (Å²) in [5, 5.41) is 10.0. The van der Waals surface area contributed by atoms with Crippen molar-refractivity contribution >= 4 is 17.4 Å². The van der Waals surface area contributed by atoms with Crippen LogP contribution in [0.4, 0.5) is 0 Å². The maximum absolute atomic E-state index is 13.0. The molecule has 1 atom stereocenters. The molecule has 0 saturated carbocycles. The summed E-state index contributed by atoms with van der Waals surface area (Å²) >= 11 is 6.49. The van der Waals surface area contributed by atoms with Gasteiger partial charge in [-0.3, -0.25) is 4.79 Å². The monoisotopic (exact) mass is 388 g/mol. The van der Waals surface area contributed by atoms with Crippen LogP contribution in [0, 0.1) is 16.7 Å². The van der Waals surface area contributed by atoms with E-state index >= 15 is 0 Å². The largest absolute Gasteiger partial charge is 0.493 e. The van der Waals surface area contributed by atoms with Crippen LogP contribution in [0.1, 0.15) is 38.2 Å². The molecule has 27 heavy (non-hydrogen) atoms. The Morgan fingerprint density at radius 3 is 2.48 bits per heavy atom. The first-order valence-electron chi connectivity index (χ1n) is 8.47. The van der Waals surface area contributed by atoms with Gasteiger partial charge < -0.3 is 19.9 Å². The van der Waals surface area contributed by atoms with Crippen molar-refractivity contribution in [1.82, 2.24) is 0 Å². The van der Waals surface area contributed by atoms with Gasteiger partial charge in [-0.25, -0.2) is 0 Å². The van der Waals surface area contributed by atoms with Gasteiger partial charge in [0.2, 0.25) is 5.88 Å². The van der Waals surface area contributed by atoms with Crippen LogP contribution in [-0.2, 0) is 9.53 Å². The van der Waals surface area contributed by atoms with Crippen LogP contribution >= 0.6 is 11.6 Å². The molecule has 1 aromatic rings. The number of allylic oxidation sites excluding steroid dienone is 3. The number of hydrogen-bond acceptors (Lipinski definition) is 6. The number of nitriles is 1. The Labute approximate surface area is 163 Å². The van der Waals surface area contributed by atoms with E-state index in [1.54, 1.807) is 12.1 Å². The highest BCUT2D eigenvalue weighted by atomic mass is 35.5.